The summed E-state index contributed by atoms with van der Waals surface area (Å²) >= 11 is 0. The van der Waals surface area contributed by atoms with Crippen LogP contribution in [0, 0.1) is 25.6 Å². The highest BCUT2D eigenvalue weighted by molar-refractivity contribution is 7.92. The molecule has 1 spiro atoms. The molecule has 190 valence electrons. The van der Waals surface area contributed by atoms with Crippen LogP contribution < -0.4 is 9.62 Å². The predicted octanol–water partition coefficient (Wildman–Crippen LogP) is 2.85. The Bertz CT molecular complexity index is 1240. The summed E-state index contributed by atoms with van der Waals surface area (Å²) < 4.78 is 68.7. The maximum atomic E-state index is 15.5. The van der Waals surface area contributed by atoms with Gasteiger partial charge in [0.05, 0.1) is 19.2 Å². The zero-order chi connectivity index (χ0) is 25.0. The van der Waals surface area contributed by atoms with Crippen LogP contribution in [0.25, 0.3) is 0 Å². The molecule has 0 radical (unpaired) electrons. The molecule has 2 atom stereocenters. The molecule has 3 aliphatic rings. The average molecular weight is 509 g/mol. The molecule has 5 rings (SSSR count). The number of hydrogen-bond acceptors (Lipinski definition) is 7. The summed E-state index contributed by atoms with van der Waals surface area (Å²) in [5.74, 6) is -1.87. The van der Waals surface area contributed by atoms with Crippen LogP contribution in [0.15, 0.2) is 29.2 Å². The van der Waals surface area contributed by atoms with Gasteiger partial charge in [0.1, 0.15) is 22.1 Å². The van der Waals surface area contributed by atoms with Crippen molar-refractivity contribution in [2.75, 3.05) is 49.5 Å². The van der Waals surface area contributed by atoms with E-state index in [1.165, 1.54) is 12.1 Å². The van der Waals surface area contributed by atoms with Gasteiger partial charge in [0.2, 0.25) is 5.95 Å². The number of halogens is 2. The number of rotatable bonds is 6. The highest BCUT2D eigenvalue weighted by Crippen LogP contribution is 2.43. The van der Waals surface area contributed by atoms with E-state index in [0.717, 1.165) is 32.0 Å². The first-order valence-corrected chi connectivity index (χ1v) is 13.2. The van der Waals surface area contributed by atoms with Crippen molar-refractivity contribution in [3.05, 3.63) is 47.2 Å². The number of pyridine rings is 1. The van der Waals surface area contributed by atoms with Crippen molar-refractivity contribution in [2.45, 2.75) is 49.3 Å². The minimum Gasteiger partial charge on any atom is -0.380 e. The van der Waals surface area contributed by atoms with Gasteiger partial charge in [-0.25, -0.2) is 17.8 Å². The molecule has 0 unspecified atom stereocenters. The van der Waals surface area contributed by atoms with E-state index in [-0.39, 0.29) is 34.7 Å². The number of sulfonamides is 1. The Morgan fingerprint density at radius 2 is 2.00 bits per heavy atom. The zero-order valence-corrected chi connectivity index (χ0v) is 20.9. The van der Waals surface area contributed by atoms with Gasteiger partial charge in [-0.1, -0.05) is 6.07 Å². The van der Waals surface area contributed by atoms with Crippen molar-refractivity contribution in [1.82, 2.24) is 9.88 Å². The number of anilines is 2. The maximum Gasteiger partial charge on any atom is 0.266 e. The van der Waals surface area contributed by atoms with Crippen molar-refractivity contribution >= 4 is 21.5 Å². The lowest BCUT2D eigenvalue weighted by atomic mass is 9.84. The normalized spacial score (nSPS) is 24.2. The molecular formula is C24H30F2N4O4S. The largest absolute Gasteiger partial charge is 0.380 e. The maximum absolute atomic E-state index is 15.5. The van der Waals surface area contributed by atoms with Gasteiger partial charge in [0.25, 0.3) is 10.0 Å². The second-order valence-electron chi connectivity index (χ2n) is 9.65. The first-order chi connectivity index (χ1) is 16.6. The van der Waals surface area contributed by atoms with Crippen molar-refractivity contribution in [3.8, 4) is 0 Å². The van der Waals surface area contributed by atoms with Crippen molar-refractivity contribution < 1.29 is 26.7 Å². The summed E-state index contributed by atoms with van der Waals surface area (Å²) in [5, 5.41) is 0. The molecule has 0 amide bonds. The van der Waals surface area contributed by atoms with Gasteiger partial charge in [0.15, 0.2) is 0 Å². The van der Waals surface area contributed by atoms with Gasteiger partial charge < -0.3 is 14.4 Å². The van der Waals surface area contributed by atoms with Crippen molar-refractivity contribution in [2.24, 2.45) is 0 Å². The molecule has 4 heterocycles. The fraction of sp³-hybridized carbons (Fsp3) is 0.542. The summed E-state index contributed by atoms with van der Waals surface area (Å²) in [5.41, 5.74) is 0.848. The van der Waals surface area contributed by atoms with E-state index in [9.17, 15) is 12.8 Å². The van der Waals surface area contributed by atoms with E-state index in [2.05, 4.69) is 14.6 Å². The van der Waals surface area contributed by atoms with E-state index in [1.807, 2.05) is 4.90 Å². The van der Waals surface area contributed by atoms with Crippen LogP contribution in [0.1, 0.15) is 24.0 Å². The van der Waals surface area contributed by atoms with Gasteiger partial charge in [-0.2, -0.15) is 4.39 Å². The minimum atomic E-state index is -4.31. The monoisotopic (exact) mass is 508 g/mol. The number of nitrogens with zero attached hydrogens (tertiary/aromatic N) is 3. The summed E-state index contributed by atoms with van der Waals surface area (Å²) in [7, 11) is -2.57. The summed E-state index contributed by atoms with van der Waals surface area (Å²) in [6.45, 7) is 6.91. The number of hydrogen-bond donors (Lipinski definition) is 1. The molecule has 3 fully saturated rings. The Labute approximate surface area is 204 Å². The smallest absolute Gasteiger partial charge is 0.266 e. The Morgan fingerprint density at radius 1 is 1.23 bits per heavy atom. The molecule has 0 aliphatic carbocycles. The molecule has 3 aliphatic heterocycles. The van der Waals surface area contributed by atoms with Crippen LogP contribution in [-0.4, -0.2) is 75.9 Å². The van der Waals surface area contributed by atoms with Crippen molar-refractivity contribution in [1.29, 1.82) is 0 Å². The average Bonchev–Trinajstić information content (AvgIpc) is 3.41. The van der Waals surface area contributed by atoms with Crippen LogP contribution >= 0.6 is 0 Å². The number of ether oxygens (including phenoxy) is 2. The topological polar surface area (TPSA) is 84.0 Å². The second kappa shape index (κ2) is 8.95. The molecule has 1 N–H and O–H groups in total. The summed E-state index contributed by atoms with van der Waals surface area (Å²) in [6, 6.07) is 5.71. The fourth-order valence-corrected chi connectivity index (χ4v) is 7.06. The molecule has 0 saturated carbocycles. The van der Waals surface area contributed by atoms with Crippen LogP contribution in [-0.2, 0) is 19.5 Å². The highest BCUT2D eigenvalue weighted by Gasteiger charge is 2.56. The van der Waals surface area contributed by atoms with Gasteiger partial charge >= 0.3 is 0 Å². The van der Waals surface area contributed by atoms with Gasteiger partial charge in [-0.3, -0.25) is 9.62 Å². The lowest BCUT2D eigenvalue weighted by Gasteiger charge is -2.53. The number of benzene rings is 1. The third-order valence-electron chi connectivity index (χ3n) is 7.44. The van der Waals surface area contributed by atoms with Crippen LogP contribution in [0.4, 0.5) is 20.3 Å². The zero-order valence-electron chi connectivity index (χ0n) is 20.1. The van der Waals surface area contributed by atoms with Crippen molar-refractivity contribution in [3.63, 3.8) is 0 Å². The summed E-state index contributed by atoms with van der Waals surface area (Å²) in [4.78, 5) is 7.54. The lowest BCUT2D eigenvalue weighted by Crippen LogP contribution is -2.69. The SMILES string of the molecule is CO[C@H]1CCN([C@H]2CCOC23CN(c2cc(C)c(S(=O)(=O)Nc4cccc(F)n4)c(F)c2C)C3)C1. The third kappa shape index (κ3) is 4.28. The highest BCUT2D eigenvalue weighted by atomic mass is 32.2. The predicted molar refractivity (Wildman–Crippen MR) is 127 cm³/mol. The second-order valence-corrected chi connectivity index (χ2v) is 11.3. The van der Waals surface area contributed by atoms with Crippen LogP contribution in [0.2, 0.25) is 0 Å². The quantitative estimate of drug-likeness (QED) is 0.601. The standard InChI is InChI=1S/C24H30F2N4O4S/c1-15-11-18(16(2)22(26)23(15)35(31,32)28-21-6-4-5-20(25)27-21)30-13-24(14-30)19(8-10-34-24)29-9-7-17(12-29)33-3/h4-6,11,17,19H,7-10,12-14H2,1-3H3,(H,27,28)/t17-,19-/m0/s1. The number of methoxy groups -OCH3 is 1. The van der Waals surface area contributed by atoms with Gasteiger partial charge in [0, 0.05) is 44.1 Å². The number of aryl methyl sites for hydroxylation is 1. The van der Waals surface area contributed by atoms with E-state index in [4.69, 9.17) is 9.47 Å². The van der Waals surface area contributed by atoms with E-state index < -0.39 is 26.7 Å². The molecule has 11 heteroatoms. The fourth-order valence-electron chi connectivity index (χ4n) is 5.70. The Balaban J connectivity index is 1.36. The van der Waals surface area contributed by atoms with Crippen LogP contribution in [0.5, 0.6) is 0 Å². The van der Waals surface area contributed by atoms with E-state index in [0.29, 0.717) is 25.4 Å². The minimum absolute atomic E-state index is 0.211. The molecular weight excluding hydrogens is 478 g/mol. The lowest BCUT2D eigenvalue weighted by molar-refractivity contribution is -0.0574. The van der Waals surface area contributed by atoms with E-state index >= 15 is 4.39 Å². The van der Waals surface area contributed by atoms with Gasteiger partial charge in [-0.05, 0) is 50.5 Å². The Morgan fingerprint density at radius 3 is 2.69 bits per heavy atom. The molecule has 3 saturated heterocycles. The molecule has 35 heavy (non-hydrogen) atoms. The molecule has 1 aromatic carbocycles. The first-order valence-electron chi connectivity index (χ1n) is 11.7. The van der Waals surface area contributed by atoms with E-state index in [1.54, 1.807) is 27.0 Å². The molecule has 0 bridgehead atoms. The molecule has 1 aromatic heterocycles. The van der Waals surface area contributed by atoms with Gasteiger partial charge in [-0.15, -0.1) is 0 Å². The molecule has 8 nitrogen and oxygen atoms in total. The first kappa shape index (κ1) is 24.4. The number of aromatic nitrogens is 1. The van der Waals surface area contributed by atoms with Crippen LogP contribution in [0.3, 0.4) is 0 Å². The Hall–Kier alpha value is -2.34. The third-order valence-corrected chi connectivity index (χ3v) is 8.96. The Kier molecular flexibility index (Phi) is 6.23. The number of nitrogens with one attached hydrogen (secondary N) is 1. The molecule has 2 aromatic rings. The summed E-state index contributed by atoms with van der Waals surface area (Å²) in [6.07, 6.45) is 2.20. The number of likely N-dealkylation sites (tertiary alicyclic amines) is 1.